The lowest BCUT2D eigenvalue weighted by Crippen LogP contribution is -2.58. The minimum Gasteiger partial charge on any atom is -0.356 e. The van der Waals surface area contributed by atoms with E-state index in [-0.39, 0.29) is 0 Å². The Balaban J connectivity index is 1.64. The number of hydrogen-bond donors (Lipinski definition) is 2. The van der Waals surface area contributed by atoms with Gasteiger partial charge in [0.05, 0.1) is 16.5 Å². The van der Waals surface area contributed by atoms with Crippen LogP contribution in [0.1, 0.15) is 23.2 Å². The van der Waals surface area contributed by atoms with Gasteiger partial charge in [0.25, 0.3) is 0 Å². The number of nitrogens with zero attached hydrogens (tertiary/aromatic N) is 2. The van der Waals surface area contributed by atoms with Gasteiger partial charge >= 0.3 is 0 Å². The molecule has 3 aromatic rings. The molecule has 5 rings (SSSR count). The Morgan fingerprint density at radius 1 is 1.17 bits per heavy atom. The molecule has 122 valence electrons. The molecule has 0 amide bonds. The molecule has 2 saturated heterocycles. The van der Waals surface area contributed by atoms with Gasteiger partial charge in [-0.15, -0.1) is 0 Å². The molecule has 2 aliphatic rings. The van der Waals surface area contributed by atoms with Crippen molar-refractivity contribution in [3.63, 3.8) is 0 Å². The molecule has 2 N–H and O–H groups in total. The molecular formula is C19H20N4O. The Bertz CT molecular complexity index is 931. The van der Waals surface area contributed by atoms with Crippen LogP contribution in [-0.2, 0) is 0 Å². The number of anilines is 1. The fourth-order valence-electron chi connectivity index (χ4n) is 4.20. The van der Waals surface area contributed by atoms with Crippen molar-refractivity contribution < 1.29 is 4.79 Å². The third kappa shape index (κ3) is 1.91. The zero-order valence-corrected chi connectivity index (χ0v) is 13.5. The number of fused-ring (bicyclic) bond motifs is 3. The molecule has 24 heavy (non-hydrogen) atoms. The Morgan fingerprint density at radius 3 is 2.67 bits per heavy atom. The minimum absolute atomic E-state index is 0.512. The van der Waals surface area contributed by atoms with Crippen LogP contribution in [0.4, 0.5) is 5.82 Å². The maximum atomic E-state index is 11.4. The van der Waals surface area contributed by atoms with Crippen LogP contribution in [0.15, 0.2) is 30.5 Å². The lowest BCUT2D eigenvalue weighted by molar-refractivity contribution is 0.112. The number of nitrogens with one attached hydrogen (secondary N) is 2. The molecular weight excluding hydrogens is 300 g/mol. The van der Waals surface area contributed by atoms with Crippen LogP contribution in [0, 0.1) is 5.41 Å². The van der Waals surface area contributed by atoms with Gasteiger partial charge in [-0.3, -0.25) is 4.79 Å². The average Bonchev–Trinajstić information content (AvgIpc) is 2.99. The molecule has 0 aliphatic carbocycles. The lowest BCUT2D eigenvalue weighted by Gasteiger charge is -2.48. The van der Waals surface area contributed by atoms with Crippen molar-refractivity contribution in [2.75, 3.05) is 31.1 Å². The molecule has 1 aromatic carbocycles. The monoisotopic (exact) mass is 320 g/mol. The molecule has 0 bridgehead atoms. The van der Waals surface area contributed by atoms with Crippen LogP contribution in [0.3, 0.4) is 0 Å². The first-order chi connectivity index (χ1) is 11.8. The van der Waals surface area contributed by atoms with E-state index in [0.29, 0.717) is 11.0 Å². The molecule has 0 unspecified atom stereocenters. The SMILES string of the molecule is O=Cc1cnc(N2CCC3(CC2)CNC3)c2c1[nH]c1ccccc12. The van der Waals surface area contributed by atoms with Crippen LogP contribution in [-0.4, -0.2) is 42.4 Å². The first kappa shape index (κ1) is 14.0. The zero-order chi connectivity index (χ0) is 16.1. The molecule has 5 nitrogen and oxygen atoms in total. The van der Waals surface area contributed by atoms with Crippen molar-refractivity contribution in [2.45, 2.75) is 12.8 Å². The summed E-state index contributed by atoms with van der Waals surface area (Å²) in [6.45, 7) is 4.37. The second-order valence-corrected chi connectivity index (χ2v) is 7.17. The molecule has 5 heteroatoms. The van der Waals surface area contributed by atoms with E-state index in [1.165, 1.54) is 12.8 Å². The third-order valence-electron chi connectivity index (χ3n) is 5.79. The van der Waals surface area contributed by atoms with Crippen molar-refractivity contribution >= 4 is 33.9 Å². The highest BCUT2D eigenvalue weighted by Gasteiger charge is 2.40. The zero-order valence-electron chi connectivity index (χ0n) is 13.5. The summed E-state index contributed by atoms with van der Waals surface area (Å²) < 4.78 is 0. The van der Waals surface area contributed by atoms with E-state index >= 15 is 0 Å². The van der Waals surface area contributed by atoms with Crippen molar-refractivity contribution in [1.82, 2.24) is 15.3 Å². The second kappa shape index (κ2) is 5.05. The number of hydrogen-bond acceptors (Lipinski definition) is 4. The number of pyridine rings is 1. The third-order valence-corrected chi connectivity index (χ3v) is 5.79. The quantitative estimate of drug-likeness (QED) is 0.713. The summed E-state index contributed by atoms with van der Waals surface area (Å²) in [5.74, 6) is 1.01. The average molecular weight is 320 g/mol. The van der Waals surface area contributed by atoms with Crippen LogP contribution in [0.5, 0.6) is 0 Å². The summed E-state index contributed by atoms with van der Waals surface area (Å²) in [7, 11) is 0. The number of aromatic nitrogens is 2. The van der Waals surface area contributed by atoms with Crippen molar-refractivity contribution in [3.8, 4) is 0 Å². The molecule has 0 radical (unpaired) electrons. The van der Waals surface area contributed by atoms with Gasteiger partial charge in [0.2, 0.25) is 0 Å². The van der Waals surface area contributed by atoms with Crippen LogP contribution in [0.2, 0.25) is 0 Å². The number of aromatic amines is 1. The minimum atomic E-state index is 0.512. The van der Waals surface area contributed by atoms with Gasteiger partial charge in [0.15, 0.2) is 6.29 Å². The summed E-state index contributed by atoms with van der Waals surface area (Å²) in [5.41, 5.74) is 3.10. The lowest BCUT2D eigenvalue weighted by atomic mass is 9.73. The van der Waals surface area contributed by atoms with Crippen molar-refractivity contribution in [1.29, 1.82) is 0 Å². The Labute approximate surface area is 140 Å². The van der Waals surface area contributed by atoms with Crippen LogP contribution < -0.4 is 10.2 Å². The number of rotatable bonds is 2. The first-order valence-corrected chi connectivity index (χ1v) is 8.60. The van der Waals surface area contributed by atoms with Crippen LogP contribution >= 0.6 is 0 Å². The van der Waals surface area contributed by atoms with Gasteiger partial charge in [-0.05, 0) is 24.3 Å². The summed E-state index contributed by atoms with van der Waals surface area (Å²) in [6.07, 6.45) is 5.01. The number of aldehydes is 1. The molecule has 1 spiro atoms. The van der Waals surface area contributed by atoms with Gasteiger partial charge in [0.1, 0.15) is 5.82 Å². The number of benzene rings is 1. The highest BCUT2D eigenvalue weighted by Crippen LogP contribution is 2.39. The predicted molar refractivity (Wildman–Crippen MR) is 95.7 cm³/mol. The van der Waals surface area contributed by atoms with E-state index < -0.39 is 0 Å². The van der Waals surface area contributed by atoms with E-state index in [0.717, 1.165) is 60.1 Å². The molecule has 0 atom stereocenters. The number of para-hydroxylation sites is 1. The fourth-order valence-corrected chi connectivity index (χ4v) is 4.20. The number of piperidine rings is 1. The number of H-pyrrole nitrogens is 1. The fraction of sp³-hybridized carbons (Fsp3) is 0.368. The molecule has 2 aliphatic heterocycles. The molecule has 2 aromatic heterocycles. The van der Waals surface area contributed by atoms with Crippen LogP contribution in [0.25, 0.3) is 21.8 Å². The molecule has 0 saturated carbocycles. The van der Waals surface area contributed by atoms with Gasteiger partial charge in [-0.2, -0.15) is 0 Å². The van der Waals surface area contributed by atoms with Gasteiger partial charge in [-0.25, -0.2) is 4.98 Å². The van der Waals surface area contributed by atoms with E-state index in [2.05, 4.69) is 32.3 Å². The summed E-state index contributed by atoms with van der Waals surface area (Å²) >= 11 is 0. The van der Waals surface area contributed by atoms with E-state index in [1.54, 1.807) is 6.20 Å². The summed E-state index contributed by atoms with van der Waals surface area (Å²) in [4.78, 5) is 21.9. The van der Waals surface area contributed by atoms with Crippen molar-refractivity contribution in [2.24, 2.45) is 5.41 Å². The van der Waals surface area contributed by atoms with E-state index in [1.807, 2.05) is 12.1 Å². The number of carbonyl (C=O) groups excluding carboxylic acids is 1. The normalized spacial score (nSPS) is 19.8. The highest BCUT2D eigenvalue weighted by molar-refractivity contribution is 6.16. The molecule has 4 heterocycles. The maximum Gasteiger partial charge on any atom is 0.153 e. The maximum absolute atomic E-state index is 11.4. The largest absolute Gasteiger partial charge is 0.356 e. The first-order valence-electron chi connectivity index (χ1n) is 8.60. The Kier molecular flexibility index (Phi) is 2.94. The second-order valence-electron chi connectivity index (χ2n) is 7.17. The topological polar surface area (TPSA) is 61.0 Å². The van der Waals surface area contributed by atoms with Gasteiger partial charge in [-0.1, -0.05) is 18.2 Å². The Hall–Kier alpha value is -2.40. The Morgan fingerprint density at radius 2 is 1.96 bits per heavy atom. The summed E-state index contributed by atoms with van der Waals surface area (Å²) in [6, 6.07) is 8.21. The van der Waals surface area contributed by atoms with Gasteiger partial charge < -0.3 is 15.2 Å². The number of carbonyl (C=O) groups is 1. The van der Waals surface area contributed by atoms with Gasteiger partial charge in [0, 0.05) is 43.3 Å². The summed E-state index contributed by atoms with van der Waals surface area (Å²) in [5, 5.41) is 5.64. The molecule has 2 fully saturated rings. The predicted octanol–water partition coefficient (Wildman–Crippen LogP) is 2.72. The van der Waals surface area contributed by atoms with Crippen molar-refractivity contribution in [3.05, 3.63) is 36.0 Å². The highest BCUT2D eigenvalue weighted by atomic mass is 16.1. The van der Waals surface area contributed by atoms with E-state index in [4.69, 9.17) is 0 Å². The smallest absolute Gasteiger partial charge is 0.153 e. The standard InChI is InChI=1S/C19H20N4O/c24-10-13-9-21-18(23-7-5-19(6-8-23)11-20-12-19)16-14-3-1-2-4-15(14)22-17(13)16/h1-4,9-10,20,22H,5-8,11-12H2. The van der Waals surface area contributed by atoms with E-state index in [9.17, 15) is 4.79 Å².